The molecule has 0 radical (unpaired) electrons. The van der Waals surface area contributed by atoms with Crippen molar-refractivity contribution in [1.82, 2.24) is 19.7 Å². The van der Waals surface area contributed by atoms with Gasteiger partial charge in [0.05, 0.1) is 18.6 Å². The Balaban J connectivity index is 1.57. The molecule has 0 spiro atoms. The van der Waals surface area contributed by atoms with Crippen molar-refractivity contribution in [1.29, 1.82) is 0 Å². The van der Waals surface area contributed by atoms with Gasteiger partial charge < -0.3 is 4.74 Å². The lowest BCUT2D eigenvalue weighted by Crippen LogP contribution is -2.44. The van der Waals surface area contributed by atoms with E-state index in [-0.39, 0.29) is 29.1 Å². The Morgan fingerprint density at radius 2 is 1.93 bits per heavy atom. The summed E-state index contributed by atoms with van der Waals surface area (Å²) in [6, 6.07) is 8.29. The van der Waals surface area contributed by atoms with E-state index in [2.05, 4.69) is 46.2 Å². The third-order valence-corrected chi connectivity index (χ3v) is 6.80. The van der Waals surface area contributed by atoms with Gasteiger partial charge >= 0.3 is 5.97 Å². The van der Waals surface area contributed by atoms with Gasteiger partial charge in [0.1, 0.15) is 11.1 Å². The van der Waals surface area contributed by atoms with Crippen molar-refractivity contribution in [2.75, 3.05) is 19.7 Å². The van der Waals surface area contributed by atoms with E-state index in [1.807, 2.05) is 6.92 Å². The Bertz CT molecular complexity index is 903. The summed E-state index contributed by atoms with van der Waals surface area (Å²) in [6.07, 6.45) is 1.49. The van der Waals surface area contributed by atoms with E-state index in [0.717, 1.165) is 31.5 Å². The lowest BCUT2D eigenvalue weighted by molar-refractivity contribution is -0.149. The molecular weight excluding hydrogens is 388 g/mol. The molecule has 2 aliphatic rings. The molecule has 154 valence electrons. The predicted octanol–water partition coefficient (Wildman–Crippen LogP) is 3.03. The molecule has 0 N–H and O–H groups in total. The van der Waals surface area contributed by atoms with Crippen molar-refractivity contribution < 1.29 is 14.3 Å². The fourth-order valence-corrected chi connectivity index (χ4v) is 5.42. The number of carbonyl (C=O) groups excluding carboxylic acids is 2. The van der Waals surface area contributed by atoms with Gasteiger partial charge in [-0.15, -0.1) is 5.10 Å². The summed E-state index contributed by atoms with van der Waals surface area (Å²) in [5.74, 6) is 0.423. The number of nitrogens with zero attached hydrogens (tertiary/aromatic N) is 4. The van der Waals surface area contributed by atoms with Crippen LogP contribution in [0.5, 0.6) is 0 Å². The largest absolute Gasteiger partial charge is 0.466 e. The number of carbonyl (C=O) groups is 2. The van der Waals surface area contributed by atoms with Gasteiger partial charge in [0.15, 0.2) is 5.16 Å². The van der Waals surface area contributed by atoms with Gasteiger partial charge in [-0.2, -0.15) is 4.68 Å². The number of thioether (sulfide) groups is 1. The van der Waals surface area contributed by atoms with Crippen LogP contribution in [0.1, 0.15) is 47.6 Å². The van der Waals surface area contributed by atoms with Crippen LogP contribution in [0.2, 0.25) is 0 Å². The zero-order valence-electron chi connectivity index (χ0n) is 17.0. The molecule has 29 heavy (non-hydrogen) atoms. The van der Waals surface area contributed by atoms with E-state index in [4.69, 9.17) is 4.74 Å². The molecule has 1 fully saturated rings. The number of piperidine rings is 1. The Kier molecular flexibility index (Phi) is 5.74. The number of rotatable bonds is 5. The predicted molar refractivity (Wildman–Crippen MR) is 110 cm³/mol. The molecule has 2 atom stereocenters. The van der Waals surface area contributed by atoms with E-state index in [1.54, 1.807) is 6.92 Å². The van der Waals surface area contributed by atoms with E-state index >= 15 is 0 Å². The molecule has 4 rings (SSSR count). The van der Waals surface area contributed by atoms with Crippen LogP contribution in [0.15, 0.2) is 29.4 Å². The second-order valence-corrected chi connectivity index (χ2v) is 8.76. The first-order chi connectivity index (χ1) is 14.0. The number of esters is 1. The number of hydrogen-bond acceptors (Lipinski definition) is 7. The van der Waals surface area contributed by atoms with E-state index in [9.17, 15) is 9.59 Å². The number of aromatic nitrogens is 3. The second kappa shape index (κ2) is 8.28. The van der Waals surface area contributed by atoms with Gasteiger partial charge in [-0.1, -0.05) is 41.6 Å². The molecular formula is C21H26N4O3S. The van der Waals surface area contributed by atoms with E-state index < -0.39 is 0 Å². The molecule has 1 aromatic carbocycles. The summed E-state index contributed by atoms with van der Waals surface area (Å²) < 4.78 is 6.64. The van der Waals surface area contributed by atoms with Crippen molar-refractivity contribution in [3.63, 3.8) is 0 Å². The normalized spacial score (nSPS) is 21.2. The molecule has 0 aliphatic carbocycles. The summed E-state index contributed by atoms with van der Waals surface area (Å²) >= 11 is 1.49. The Morgan fingerprint density at radius 3 is 2.55 bits per heavy atom. The maximum absolute atomic E-state index is 13.1. The Hall–Kier alpha value is -2.19. The van der Waals surface area contributed by atoms with Crippen molar-refractivity contribution in [2.24, 2.45) is 5.92 Å². The summed E-state index contributed by atoms with van der Waals surface area (Å²) in [7, 11) is 0. The molecule has 3 heterocycles. The highest BCUT2D eigenvalue weighted by molar-refractivity contribution is 8.00. The number of benzene rings is 1. The fourth-order valence-electron chi connectivity index (χ4n) is 4.11. The maximum atomic E-state index is 13.1. The maximum Gasteiger partial charge on any atom is 0.309 e. The van der Waals surface area contributed by atoms with Crippen LogP contribution in [0.4, 0.5) is 0 Å². The van der Waals surface area contributed by atoms with Crippen LogP contribution in [-0.4, -0.2) is 56.5 Å². The van der Waals surface area contributed by atoms with Gasteiger partial charge in [0, 0.05) is 0 Å². The van der Waals surface area contributed by atoms with Crippen molar-refractivity contribution >= 4 is 23.6 Å². The molecule has 0 bridgehead atoms. The standard InChI is InChI=1S/C21H26N4O3S/c1-4-28-20(27)16-9-11-24(12-10-16)17(15-7-5-13(2)6-8-15)18-19(26)25-21(29-18)22-14(3)23-25/h5-8,16-18H,4,9-12H2,1-3H3. The highest BCUT2D eigenvalue weighted by atomic mass is 32.2. The van der Waals surface area contributed by atoms with Crippen LogP contribution < -0.4 is 0 Å². The first-order valence-corrected chi connectivity index (χ1v) is 11.0. The molecule has 8 heteroatoms. The van der Waals surface area contributed by atoms with Crippen LogP contribution >= 0.6 is 11.8 Å². The zero-order chi connectivity index (χ0) is 20.5. The first-order valence-electron chi connectivity index (χ1n) is 10.1. The molecule has 7 nitrogen and oxygen atoms in total. The average Bonchev–Trinajstić information content (AvgIpc) is 3.22. The molecule has 0 saturated carbocycles. The monoisotopic (exact) mass is 414 g/mol. The van der Waals surface area contributed by atoms with Crippen LogP contribution in [-0.2, 0) is 9.53 Å². The molecule has 1 aromatic heterocycles. The number of aryl methyl sites for hydroxylation is 2. The van der Waals surface area contributed by atoms with Crippen molar-refractivity contribution in [2.45, 2.75) is 50.1 Å². The third-order valence-electron chi connectivity index (χ3n) is 5.62. The van der Waals surface area contributed by atoms with Gasteiger partial charge in [0.2, 0.25) is 0 Å². The third kappa shape index (κ3) is 3.96. The quantitative estimate of drug-likeness (QED) is 0.696. The van der Waals surface area contributed by atoms with Crippen molar-refractivity contribution in [3.05, 3.63) is 41.2 Å². The van der Waals surface area contributed by atoms with Crippen LogP contribution in [0, 0.1) is 19.8 Å². The average molecular weight is 415 g/mol. The van der Waals surface area contributed by atoms with Gasteiger partial charge in [0.25, 0.3) is 5.91 Å². The zero-order valence-corrected chi connectivity index (χ0v) is 17.8. The fraction of sp³-hybridized carbons (Fsp3) is 0.524. The van der Waals surface area contributed by atoms with E-state index in [1.165, 1.54) is 22.0 Å². The van der Waals surface area contributed by atoms with E-state index in [0.29, 0.717) is 17.6 Å². The number of hydrogen-bond donors (Lipinski definition) is 0. The molecule has 0 amide bonds. The minimum absolute atomic E-state index is 0.0244. The number of likely N-dealkylation sites (tertiary alicyclic amines) is 1. The summed E-state index contributed by atoms with van der Waals surface area (Å²) in [4.78, 5) is 32.0. The minimum Gasteiger partial charge on any atom is -0.466 e. The highest BCUT2D eigenvalue weighted by Gasteiger charge is 2.44. The summed E-state index contributed by atoms with van der Waals surface area (Å²) in [5.41, 5.74) is 2.29. The minimum atomic E-state index is -0.299. The molecule has 2 unspecified atom stereocenters. The van der Waals surface area contributed by atoms with Gasteiger partial charge in [-0.05, 0) is 52.3 Å². The highest BCUT2D eigenvalue weighted by Crippen LogP contribution is 2.42. The van der Waals surface area contributed by atoms with Crippen LogP contribution in [0.25, 0.3) is 0 Å². The second-order valence-electron chi connectivity index (χ2n) is 7.65. The number of ether oxygens (including phenoxy) is 1. The summed E-state index contributed by atoms with van der Waals surface area (Å²) in [6.45, 7) is 7.61. The van der Waals surface area contributed by atoms with Gasteiger partial charge in [-0.3, -0.25) is 14.5 Å². The first kappa shape index (κ1) is 20.1. The molecule has 1 saturated heterocycles. The smallest absolute Gasteiger partial charge is 0.309 e. The SMILES string of the molecule is CCOC(=O)C1CCN(C(c2ccc(C)cc2)C2Sc3nc(C)nn3C2=O)CC1. The lowest BCUT2D eigenvalue weighted by Gasteiger charge is -2.38. The van der Waals surface area contributed by atoms with Crippen LogP contribution in [0.3, 0.4) is 0 Å². The molecule has 2 aromatic rings. The van der Waals surface area contributed by atoms with Gasteiger partial charge in [-0.25, -0.2) is 4.98 Å². The lowest BCUT2D eigenvalue weighted by atomic mass is 9.92. The Morgan fingerprint density at radius 1 is 1.24 bits per heavy atom. The number of fused-ring (bicyclic) bond motifs is 1. The molecule has 2 aliphatic heterocycles. The van der Waals surface area contributed by atoms with Crippen molar-refractivity contribution in [3.8, 4) is 0 Å². The topological polar surface area (TPSA) is 77.3 Å². The summed E-state index contributed by atoms with van der Waals surface area (Å²) in [5, 5.41) is 4.63. The Labute approximate surface area is 174 Å².